The molecule has 2 aromatic rings. The lowest BCUT2D eigenvalue weighted by atomic mass is 10.3. The third-order valence-electron chi connectivity index (χ3n) is 3.06. The largest absolute Gasteiger partial charge is 0.508 e. The van der Waals surface area contributed by atoms with Crippen molar-refractivity contribution in [3.63, 3.8) is 0 Å². The van der Waals surface area contributed by atoms with Crippen LogP contribution in [0.15, 0.2) is 48.5 Å². The van der Waals surface area contributed by atoms with Crippen LogP contribution in [0.5, 0.6) is 17.2 Å². The Morgan fingerprint density at radius 1 is 1.14 bits per heavy atom. The summed E-state index contributed by atoms with van der Waals surface area (Å²) in [5, 5.41) is 11.9. The lowest BCUT2D eigenvalue weighted by molar-refractivity contribution is 0.227. The van der Waals surface area contributed by atoms with Gasteiger partial charge in [0, 0.05) is 12.7 Å². The summed E-state index contributed by atoms with van der Waals surface area (Å²) in [6, 6.07) is 13.2. The number of ether oxygens (including phenoxy) is 2. The second-order valence-corrected chi connectivity index (χ2v) is 4.50. The molecule has 0 saturated carbocycles. The van der Waals surface area contributed by atoms with Crippen molar-refractivity contribution in [3.8, 4) is 17.2 Å². The molecule has 0 bridgehead atoms. The van der Waals surface area contributed by atoms with Gasteiger partial charge >= 0.3 is 6.03 Å². The van der Waals surface area contributed by atoms with E-state index in [0.29, 0.717) is 17.2 Å². The van der Waals surface area contributed by atoms with Gasteiger partial charge in [0.1, 0.15) is 5.75 Å². The molecule has 22 heavy (non-hydrogen) atoms. The van der Waals surface area contributed by atoms with E-state index in [4.69, 9.17) is 9.47 Å². The Morgan fingerprint density at radius 2 is 1.77 bits per heavy atom. The van der Waals surface area contributed by atoms with Crippen LogP contribution in [0.4, 0.5) is 10.5 Å². The van der Waals surface area contributed by atoms with Crippen LogP contribution in [0.25, 0.3) is 0 Å². The molecule has 2 aromatic carbocycles. The number of methoxy groups -OCH3 is 1. The van der Waals surface area contributed by atoms with Crippen LogP contribution in [0.2, 0.25) is 0 Å². The average molecular weight is 302 g/mol. The van der Waals surface area contributed by atoms with Gasteiger partial charge in [-0.25, -0.2) is 4.79 Å². The third-order valence-corrected chi connectivity index (χ3v) is 3.06. The van der Waals surface area contributed by atoms with Gasteiger partial charge in [0.25, 0.3) is 0 Å². The van der Waals surface area contributed by atoms with Crippen LogP contribution in [-0.2, 0) is 0 Å². The van der Waals surface area contributed by atoms with Gasteiger partial charge in [-0.2, -0.15) is 0 Å². The monoisotopic (exact) mass is 302 g/mol. The first kappa shape index (κ1) is 15.5. The van der Waals surface area contributed by atoms with Gasteiger partial charge in [-0.05, 0) is 36.4 Å². The molecular weight excluding hydrogens is 284 g/mol. The van der Waals surface area contributed by atoms with Crippen molar-refractivity contribution in [2.24, 2.45) is 0 Å². The quantitative estimate of drug-likeness (QED) is 0.833. The highest BCUT2D eigenvalue weighted by atomic mass is 16.5. The van der Waals surface area contributed by atoms with E-state index in [1.54, 1.807) is 38.4 Å². The van der Waals surface area contributed by atoms with Crippen molar-refractivity contribution in [3.05, 3.63) is 48.5 Å². The Balaban J connectivity index is 1.88. The molecule has 2 rings (SSSR count). The molecule has 0 fully saturated rings. The number of phenols is 1. The Labute approximate surface area is 128 Å². The Hall–Kier alpha value is -2.89. The number of phenolic OH excluding ortho intramolecular Hbond substituents is 1. The Bertz CT molecular complexity index is 628. The van der Waals surface area contributed by atoms with E-state index in [1.165, 1.54) is 17.0 Å². The summed E-state index contributed by atoms with van der Waals surface area (Å²) in [5.74, 6) is 1.30. The Morgan fingerprint density at radius 3 is 2.41 bits per heavy atom. The van der Waals surface area contributed by atoms with E-state index in [2.05, 4.69) is 5.32 Å². The van der Waals surface area contributed by atoms with E-state index >= 15 is 0 Å². The third kappa shape index (κ3) is 3.82. The van der Waals surface area contributed by atoms with Crippen molar-refractivity contribution in [1.82, 2.24) is 5.32 Å². The number of nitrogens with zero attached hydrogens (tertiary/aromatic N) is 1. The predicted molar refractivity (Wildman–Crippen MR) is 83.5 cm³/mol. The smallest absolute Gasteiger partial charge is 0.324 e. The van der Waals surface area contributed by atoms with Gasteiger partial charge in [0.2, 0.25) is 0 Å². The van der Waals surface area contributed by atoms with Gasteiger partial charge in [-0.1, -0.05) is 12.1 Å². The number of anilines is 1. The fourth-order valence-corrected chi connectivity index (χ4v) is 1.83. The van der Waals surface area contributed by atoms with Crippen LogP contribution in [0.1, 0.15) is 0 Å². The molecule has 0 unspecified atom stereocenters. The molecule has 6 heteroatoms. The molecule has 0 aliphatic heterocycles. The van der Waals surface area contributed by atoms with Crippen LogP contribution >= 0.6 is 0 Å². The summed E-state index contributed by atoms with van der Waals surface area (Å²) < 4.78 is 10.6. The average Bonchev–Trinajstić information content (AvgIpc) is 2.55. The zero-order valence-corrected chi connectivity index (χ0v) is 12.4. The van der Waals surface area contributed by atoms with Crippen molar-refractivity contribution < 1.29 is 19.4 Å². The number of para-hydroxylation sites is 2. The molecule has 2 N–H and O–H groups in total. The zero-order chi connectivity index (χ0) is 15.9. The molecule has 0 heterocycles. The van der Waals surface area contributed by atoms with Crippen molar-refractivity contribution in [2.75, 3.05) is 25.8 Å². The Kier molecular flexibility index (Phi) is 5.08. The second-order valence-electron chi connectivity index (χ2n) is 4.50. The van der Waals surface area contributed by atoms with E-state index in [9.17, 15) is 9.90 Å². The van der Waals surface area contributed by atoms with Crippen LogP contribution in [0.3, 0.4) is 0 Å². The number of nitrogens with one attached hydrogen (secondary N) is 1. The lowest BCUT2D eigenvalue weighted by Crippen LogP contribution is -2.39. The fourth-order valence-electron chi connectivity index (χ4n) is 1.83. The number of aromatic hydroxyl groups is 1. The number of hydrogen-bond acceptors (Lipinski definition) is 4. The van der Waals surface area contributed by atoms with E-state index in [0.717, 1.165) is 0 Å². The van der Waals surface area contributed by atoms with Crippen molar-refractivity contribution in [2.45, 2.75) is 0 Å². The second kappa shape index (κ2) is 7.21. The summed E-state index contributed by atoms with van der Waals surface area (Å²) in [7, 11) is 3.18. The van der Waals surface area contributed by atoms with Gasteiger partial charge in [0.15, 0.2) is 18.2 Å². The molecular formula is C16H18N2O4. The number of hydrogen-bond donors (Lipinski definition) is 2. The number of urea groups is 1. The van der Waals surface area contributed by atoms with Gasteiger partial charge in [0.05, 0.1) is 7.11 Å². The zero-order valence-electron chi connectivity index (χ0n) is 12.4. The SMILES string of the molecule is COc1ccccc1OCNC(=O)N(C)c1ccc(O)cc1. The van der Waals surface area contributed by atoms with Gasteiger partial charge in [-0.3, -0.25) is 4.90 Å². The number of carbonyl (C=O) groups excluding carboxylic acids is 1. The minimum absolute atomic E-state index is 0.0155. The first-order chi connectivity index (χ1) is 10.6. The van der Waals surface area contributed by atoms with Crippen molar-refractivity contribution >= 4 is 11.7 Å². The maximum atomic E-state index is 12.0. The normalized spacial score (nSPS) is 9.91. The number of carbonyl (C=O) groups is 1. The topological polar surface area (TPSA) is 71.0 Å². The lowest BCUT2D eigenvalue weighted by Gasteiger charge is -2.18. The highest BCUT2D eigenvalue weighted by Crippen LogP contribution is 2.25. The minimum Gasteiger partial charge on any atom is -0.508 e. The molecule has 0 saturated heterocycles. The van der Waals surface area contributed by atoms with Crippen molar-refractivity contribution in [1.29, 1.82) is 0 Å². The first-order valence-electron chi connectivity index (χ1n) is 6.68. The van der Waals surface area contributed by atoms with Gasteiger partial charge in [-0.15, -0.1) is 0 Å². The first-order valence-corrected chi connectivity index (χ1v) is 6.68. The summed E-state index contributed by atoms with van der Waals surface area (Å²) in [6.45, 7) is 0.0155. The van der Waals surface area contributed by atoms with Crippen LogP contribution in [0, 0.1) is 0 Å². The molecule has 0 spiro atoms. The van der Waals surface area contributed by atoms with Crippen LogP contribution < -0.4 is 19.7 Å². The molecule has 6 nitrogen and oxygen atoms in total. The minimum atomic E-state index is -0.319. The highest BCUT2D eigenvalue weighted by molar-refractivity contribution is 5.91. The highest BCUT2D eigenvalue weighted by Gasteiger charge is 2.10. The fraction of sp³-hybridized carbons (Fsp3) is 0.188. The van der Waals surface area contributed by atoms with E-state index in [-0.39, 0.29) is 18.5 Å². The predicted octanol–water partition coefficient (Wildman–Crippen LogP) is 2.58. The maximum Gasteiger partial charge on any atom is 0.324 e. The number of amides is 2. The van der Waals surface area contributed by atoms with Gasteiger partial charge < -0.3 is 19.9 Å². The number of benzene rings is 2. The van der Waals surface area contributed by atoms with E-state index in [1.807, 2.05) is 12.1 Å². The summed E-state index contributed by atoms with van der Waals surface area (Å²) in [5.41, 5.74) is 0.660. The molecule has 0 aromatic heterocycles. The summed E-state index contributed by atoms with van der Waals surface area (Å²) in [4.78, 5) is 13.4. The van der Waals surface area contributed by atoms with E-state index < -0.39 is 0 Å². The number of rotatable bonds is 5. The molecule has 116 valence electrons. The molecule has 2 amide bonds. The molecule has 0 aliphatic carbocycles. The molecule has 0 aliphatic rings. The summed E-state index contributed by atoms with van der Waals surface area (Å²) >= 11 is 0. The standard InChI is InChI=1S/C16H18N2O4/c1-18(12-7-9-13(19)10-8-12)16(20)17-11-22-15-6-4-3-5-14(15)21-2/h3-10,19H,11H2,1-2H3,(H,17,20). The maximum absolute atomic E-state index is 12.0. The summed E-state index contributed by atoms with van der Waals surface area (Å²) in [6.07, 6.45) is 0. The molecule has 0 radical (unpaired) electrons. The van der Waals surface area contributed by atoms with Crippen LogP contribution in [-0.4, -0.2) is 32.0 Å². The molecule has 0 atom stereocenters.